The number of allylic oxidation sites excluding steroid dienone is 2. The van der Waals surface area contributed by atoms with Crippen molar-refractivity contribution in [1.29, 1.82) is 0 Å². The molecule has 100 valence electrons. The second-order valence-electron chi connectivity index (χ2n) is 5.71. The van der Waals surface area contributed by atoms with Crippen molar-refractivity contribution in [1.82, 2.24) is 4.90 Å². The molecule has 1 fully saturated rings. The van der Waals surface area contributed by atoms with Gasteiger partial charge in [0, 0.05) is 24.5 Å². The molecule has 0 spiro atoms. The van der Waals surface area contributed by atoms with E-state index in [4.69, 9.17) is 11.6 Å². The summed E-state index contributed by atoms with van der Waals surface area (Å²) in [6.45, 7) is 0.660. The van der Waals surface area contributed by atoms with Gasteiger partial charge < -0.3 is 4.90 Å². The Kier molecular flexibility index (Phi) is 3.36. The van der Waals surface area contributed by atoms with Gasteiger partial charge in [0.25, 0.3) is 0 Å². The highest BCUT2D eigenvalue weighted by Gasteiger charge is 2.40. The Bertz CT molecular complexity index is 508. The van der Waals surface area contributed by atoms with Gasteiger partial charge in [0.2, 0.25) is 5.91 Å². The van der Waals surface area contributed by atoms with Gasteiger partial charge in [-0.2, -0.15) is 0 Å². The summed E-state index contributed by atoms with van der Waals surface area (Å²) in [6.07, 6.45) is 6.71. The molecule has 2 aliphatic rings. The van der Waals surface area contributed by atoms with Gasteiger partial charge in [-0.25, -0.2) is 0 Å². The smallest absolute Gasteiger partial charge is 0.226 e. The predicted molar refractivity (Wildman–Crippen MR) is 76.8 cm³/mol. The van der Waals surface area contributed by atoms with Crippen molar-refractivity contribution in [2.45, 2.75) is 19.4 Å². The predicted octanol–water partition coefficient (Wildman–Crippen LogP) is 3.51. The molecule has 2 nitrogen and oxygen atoms in total. The van der Waals surface area contributed by atoms with E-state index in [-0.39, 0.29) is 11.8 Å². The Labute approximate surface area is 119 Å². The molecular formula is C16H18ClNO. The molecule has 0 heterocycles. The number of hydrogen-bond acceptors (Lipinski definition) is 1. The number of hydrogen-bond donors (Lipinski definition) is 0. The molecule has 3 unspecified atom stereocenters. The zero-order valence-corrected chi connectivity index (χ0v) is 11.8. The molecule has 0 aliphatic heterocycles. The van der Waals surface area contributed by atoms with E-state index in [0.29, 0.717) is 18.4 Å². The fourth-order valence-electron chi connectivity index (χ4n) is 3.29. The van der Waals surface area contributed by atoms with Crippen LogP contribution >= 0.6 is 11.6 Å². The van der Waals surface area contributed by atoms with Crippen LogP contribution in [-0.4, -0.2) is 17.9 Å². The lowest BCUT2D eigenvalue weighted by Gasteiger charge is -2.24. The Morgan fingerprint density at radius 1 is 1.26 bits per heavy atom. The van der Waals surface area contributed by atoms with E-state index in [0.717, 1.165) is 17.0 Å². The summed E-state index contributed by atoms with van der Waals surface area (Å²) in [6, 6.07) is 7.70. The van der Waals surface area contributed by atoms with E-state index in [1.165, 1.54) is 6.42 Å². The van der Waals surface area contributed by atoms with Crippen molar-refractivity contribution in [2.24, 2.45) is 17.8 Å². The van der Waals surface area contributed by atoms with Crippen molar-refractivity contribution < 1.29 is 4.79 Å². The van der Waals surface area contributed by atoms with Gasteiger partial charge in [0.1, 0.15) is 0 Å². The van der Waals surface area contributed by atoms with E-state index in [1.54, 1.807) is 0 Å². The van der Waals surface area contributed by atoms with Gasteiger partial charge in [0.15, 0.2) is 0 Å². The molecule has 19 heavy (non-hydrogen) atoms. The summed E-state index contributed by atoms with van der Waals surface area (Å²) in [5.41, 5.74) is 1.12. The molecule has 3 rings (SSSR count). The number of fused-ring (bicyclic) bond motifs is 2. The number of benzene rings is 1. The molecule has 2 bridgehead atoms. The molecule has 3 heteroatoms. The molecule has 1 aromatic carbocycles. The van der Waals surface area contributed by atoms with Crippen molar-refractivity contribution >= 4 is 17.5 Å². The van der Waals surface area contributed by atoms with E-state index in [2.05, 4.69) is 12.2 Å². The third-order valence-corrected chi connectivity index (χ3v) is 4.56. The molecule has 0 aromatic heterocycles. The molecular weight excluding hydrogens is 258 g/mol. The highest BCUT2D eigenvalue weighted by atomic mass is 35.5. The molecule has 1 amide bonds. The summed E-state index contributed by atoms with van der Waals surface area (Å²) >= 11 is 5.87. The van der Waals surface area contributed by atoms with Crippen LogP contribution in [0, 0.1) is 17.8 Å². The number of carbonyl (C=O) groups excluding carboxylic acids is 1. The molecule has 0 saturated heterocycles. The van der Waals surface area contributed by atoms with Gasteiger partial charge in [-0.1, -0.05) is 35.9 Å². The fraction of sp³-hybridized carbons (Fsp3) is 0.438. The van der Waals surface area contributed by atoms with Gasteiger partial charge in [-0.15, -0.1) is 0 Å². The van der Waals surface area contributed by atoms with Gasteiger partial charge in [0.05, 0.1) is 0 Å². The highest BCUT2D eigenvalue weighted by molar-refractivity contribution is 6.30. The van der Waals surface area contributed by atoms with Gasteiger partial charge >= 0.3 is 0 Å². The number of nitrogens with zero attached hydrogens (tertiary/aromatic N) is 1. The van der Waals surface area contributed by atoms with Crippen LogP contribution in [0.1, 0.15) is 18.4 Å². The summed E-state index contributed by atoms with van der Waals surface area (Å²) in [5, 5.41) is 0.732. The zero-order valence-electron chi connectivity index (χ0n) is 11.1. The number of rotatable bonds is 3. The van der Waals surface area contributed by atoms with Crippen LogP contribution in [0.5, 0.6) is 0 Å². The minimum absolute atomic E-state index is 0.201. The normalized spacial score (nSPS) is 27.8. The van der Waals surface area contributed by atoms with Crippen LogP contribution in [0.2, 0.25) is 5.02 Å². The first kappa shape index (κ1) is 12.7. The minimum Gasteiger partial charge on any atom is -0.341 e. The second-order valence-corrected chi connectivity index (χ2v) is 6.14. The monoisotopic (exact) mass is 275 g/mol. The molecule has 3 atom stereocenters. The van der Waals surface area contributed by atoms with Crippen LogP contribution in [-0.2, 0) is 11.3 Å². The third kappa shape index (κ3) is 2.55. The number of carbonyl (C=O) groups is 1. The van der Waals surface area contributed by atoms with E-state index in [1.807, 2.05) is 36.2 Å². The van der Waals surface area contributed by atoms with Crippen LogP contribution < -0.4 is 0 Å². The Hall–Kier alpha value is -1.28. The molecule has 1 saturated carbocycles. The molecule has 1 aromatic rings. The van der Waals surface area contributed by atoms with Crippen molar-refractivity contribution in [3.8, 4) is 0 Å². The number of amides is 1. The largest absolute Gasteiger partial charge is 0.341 e. The van der Waals surface area contributed by atoms with E-state index >= 15 is 0 Å². The standard InChI is InChI=1S/C16H18ClNO/c1-18(10-11-3-6-14(17)7-4-11)16(19)15-9-12-2-5-13(15)8-12/h2-7,12-13,15H,8-10H2,1H3. The number of halogens is 1. The average molecular weight is 276 g/mol. The third-order valence-electron chi connectivity index (χ3n) is 4.31. The highest BCUT2D eigenvalue weighted by Crippen LogP contribution is 2.44. The van der Waals surface area contributed by atoms with Crippen LogP contribution in [0.3, 0.4) is 0 Å². The lowest BCUT2D eigenvalue weighted by molar-refractivity contribution is -0.135. The summed E-state index contributed by atoms with van der Waals surface area (Å²) in [7, 11) is 1.90. The van der Waals surface area contributed by atoms with Gasteiger partial charge in [-0.3, -0.25) is 4.79 Å². The first-order valence-electron chi connectivity index (χ1n) is 6.81. The maximum Gasteiger partial charge on any atom is 0.226 e. The Balaban J connectivity index is 1.64. The van der Waals surface area contributed by atoms with Gasteiger partial charge in [-0.05, 0) is 42.4 Å². The average Bonchev–Trinajstić information content (AvgIpc) is 3.03. The topological polar surface area (TPSA) is 20.3 Å². The van der Waals surface area contributed by atoms with E-state index in [9.17, 15) is 4.79 Å². The van der Waals surface area contributed by atoms with Crippen LogP contribution in [0.25, 0.3) is 0 Å². The maximum atomic E-state index is 12.5. The van der Waals surface area contributed by atoms with E-state index < -0.39 is 0 Å². The SMILES string of the molecule is CN(Cc1ccc(Cl)cc1)C(=O)C1CC2C=CC1C2. The minimum atomic E-state index is 0.201. The van der Waals surface area contributed by atoms with Crippen molar-refractivity contribution in [2.75, 3.05) is 7.05 Å². The summed E-state index contributed by atoms with van der Waals surface area (Å²) in [5.74, 6) is 1.60. The summed E-state index contributed by atoms with van der Waals surface area (Å²) in [4.78, 5) is 14.3. The van der Waals surface area contributed by atoms with Crippen LogP contribution in [0.4, 0.5) is 0 Å². The maximum absolute atomic E-state index is 12.5. The first-order chi connectivity index (χ1) is 9.13. The Morgan fingerprint density at radius 2 is 2.00 bits per heavy atom. The molecule has 0 N–H and O–H groups in total. The Morgan fingerprint density at radius 3 is 2.58 bits per heavy atom. The van der Waals surface area contributed by atoms with Crippen molar-refractivity contribution in [3.63, 3.8) is 0 Å². The zero-order chi connectivity index (χ0) is 13.4. The van der Waals surface area contributed by atoms with Crippen molar-refractivity contribution in [3.05, 3.63) is 47.0 Å². The summed E-state index contributed by atoms with van der Waals surface area (Å²) < 4.78 is 0. The fourth-order valence-corrected chi connectivity index (χ4v) is 3.42. The molecule has 2 aliphatic carbocycles. The molecule has 0 radical (unpaired) electrons. The van der Waals surface area contributed by atoms with Crippen LogP contribution in [0.15, 0.2) is 36.4 Å². The lowest BCUT2D eigenvalue weighted by atomic mass is 9.92. The quantitative estimate of drug-likeness (QED) is 0.773. The lowest BCUT2D eigenvalue weighted by Crippen LogP contribution is -2.34. The second kappa shape index (κ2) is 5.01. The first-order valence-corrected chi connectivity index (χ1v) is 7.19.